The predicted octanol–water partition coefficient (Wildman–Crippen LogP) is 3.89. The molecule has 0 aliphatic carbocycles. The first-order valence-corrected chi connectivity index (χ1v) is 8.03. The third-order valence-corrected chi connectivity index (χ3v) is 4.88. The first kappa shape index (κ1) is 14.5. The van der Waals surface area contributed by atoms with Gasteiger partial charge < -0.3 is 9.47 Å². The van der Waals surface area contributed by atoms with Crippen LogP contribution < -0.4 is 0 Å². The Bertz CT molecular complexity index is 775. The SMILES string of the molecule is CCn1cc(-c2cc3nccc(Cl)c3s2)nc1CN(C)C. The van der Waals surface area contributed by atoms with E-state index < -0.39 is 0 Å². The van der Waals surface area contributed by atoms with Gasteiger partial charge in [-0.2, -0.15) is 0 Å². The van der Waals surface area contributed by atoms with E-state index in [9.17, 15) is 0 Å². The van der Waals surface area contributed by atoms with Crippen molar-refractivity contribution < 1.29 is 0 Å². The van der Waals surface area contributed by atoms with Crippen molar-refractivity contribution in [1.82, 2.24) is 19.4 Å². The van der Waals surface area contributed by atoms with Gasteiger partial charge in [0.1, 0.15) is 5.82 Å². The molecule has 3 heterocycles. The molecule has 21 heavy (non-hydrogen) atoms. The molecule has 0 saturated carbocycles. The van der Waals surface area contributed by atoms with Crippen LogP contribution in [0.1, 0.15) is 12.7 Å². The summed E-state index contributed by atoms with van der Waals surface area (Å²) in [4.78, 5) is 12.4. The maximum Gasteiger partial charge on any atom is 0.123 e. The summed E-state index contributed by atoms with van der Waals surface area (Å²) < 4.78 is 3.21. The van der Waals surface area contributed by atoms with Crippen molar-refractivity contribution in [2.45, 2.75) is 20.0 Å². The monoisotopic (exact) mass is 320 g/mol. The molecule has 0 radical (unpaired) electrons. The van der Waals surface area contributed by atoms with Crippen LogP contribution in [0.2, 0.25) is 5.02 Å². The minimum Gasteiger partial charge on any atom is -0.333 e. The summed E-state index contributed by atoms with van der Waals surface area (Å²) in [6.07, 6.45) is 3.85. The van der Waals surface area contributed by atoms with Gasteiger partial charge in [-0.3, -0.25) is 4.98 Å². The van der Waals surface area contributed by atoms with Crippen molar-refractivity contribution in [3.8, 4) is 10.6 Å². The summed E-state index contributed by atoms with van der Waals surface area (Å²) >= 11 is 7.87. The molecule has 0 atom stereocenters. The number of hydrogen-bond acceptors (Lipinski definition) is 4. The molecule has 3 rings (SSSR count). The number of fused-ring (bicyclic) bond motifs is 1. The number of imidazole rings is 1. The fraction of sp³-hybridized carbons (Fsp3) is 0.333. The summed E-state index contributed by atoms with van der Waals surface area (Å²) in [5.74, 6) is 1.08. The van der Waals surface area contributed by atoms with Crippen LogP contribution in [0.3, 0.4) is 0 Å². The van der Waals surface area contributed by atoms with E-state index in [0.717, 1.165) is 44.7 Å². The van der Waals surface area contributed by atoms with Crippen molar-refractivity contribution in [2.24, 2.45) is 0 Å². The fourth-order valence-corrected chi connectivity index (χ4v) is 3.53. The Balaban J connectivity index is 2.06. The van der Waals surface area contributed by atoms with Gasteiger partial charge in [0, 0.05) is 18.9 Å². The van der Waals surface area contributed by atoms with Crippen LogP contribution in [0, 0.1) is 0 Å². The zero-order valence-corrected chi connectivity index (χ0v) is 13.9. The van der Waals surface area contributed by atoms with Gasteiger partial charge in [0.25, 0.3) is 0 Å². The van der Waals surface area contributed by atoms with Crippen molar-refractivity contribution in [3.05, 3.63) is 35.4 Å². The molecule has 0 aromatic carbocycles. The van der Waals surface area contributed by atoms with Crippen LogP contribution in [-0.4, -0.2) is 33.5 Å². The molecule has 4 nitrogen and oxygen atoms in total. The summed E-state index contributed by atoms with van der Waals surface area (Å²) in [6, 6.07) is 3.89. The van der Waals surface area contributed by atoms with Gasteiger partial charge in [0.2, 0.25) is 0 Å². The van der Waals surface area contributed by atoms with E-state index in [2.05, 4.69) is 47.7 Å². The molecular weight excluding hydrogens is 304 g/mol. The van der Waals surface area contributed by atoms with Gasteiger partial charge in [0.05, 0.1) is 32.4 Å². The van der Waals surface area contributed by atoms with E-state index >= 15 is 0 Å². The second kappa shape index (κ2) is 5.75. The Morgan fingerprint density at radius 2 is 2.19 bits per heavy atom. The topological polar surface area (TPSA) is 34.0 Å². The Hall–Kier alpha value is -1.43. The summed E-state index contributed by atoms with van der Waals surface area (Å²) in [7, 11) is 4.11. The summed E-state index contributed by atoms with van der Waals surface area (Å²) in [5, 5.41) is 0.750. The standard InChI is InChI=1S/C15H17ClN4S/c1-4-20-8-12(18-14(20)9-19(2)3)13-7-11-15(21-13)10(16)5-6-17-11/h5-8H,4,9H2,1-3H3. The van der Waals surface area contributed by atoms with Crippen LogP contribution in [-0.2, 0) is 13.1 Å². The minimum atomic E-state index is 0.750. The van der Waals surface area contributed by atoms with Gasteiger partial charge in [0.15, 0.2) is 0 Å². The van der Waals surface area contributed by atoms with Crippen molar-refractivity contribution in [2.75, 3.05) is 14.1 Å². The average Bonchev–Trinajstić information content (AvgIpc) is 3.02. The van der Waals surface area contributed by atoms with Gasteiger partial charge >= 0.3 is 0 Å². The second-order valence-electron chi connectivity index (χ2n) is 5.18. The molecule has 6 heteroatoms. The number of nitrogens with zero attached hydrogens (tertiary/aromatic N) is 4. The molecule has 0 aliphatic heterocycles. The quantitative estimate of drug-likeness (QED) is 0.731. The highest BCUT2D eigenvalue weighted by Crippen LogP contribution is 2.35. The Morgan fingerprint density at radius 1 is 1.38 bits per heavy atom. The average molecular weight is 321 g/mol. The van der Waals surface area contributed by atoms with Crippen LogP contribution in [0.5, 0.6) is 0 Å². The van der Waals surface area contributed by atoms with E-state index in [-0.39, 0.29) is 0 Å². The molecule has 3 aromatic rings. The number of pyridine rings is 1. The van der Waals surface area contributed by atoms with Gasteiger partial charge in [-0.25, -0.2) is 4.98 Å². The zero-order valence-electron chi connectivity index (χ0n) is 12.3. The number of hydrogen-bond donors (Lipinski definition) is 0. The molecule has 0 unspecified atom stereocenters. The normalized spacial score (nSPS) is 11.7. The fourth-order valence-electron chi connectivity index (χ4n) is 2.29. The lowest BCUT2D eigenvalue weighted by Crippen LogP contribution is -2.15. The first-order valence-electron chi connectivity index (χ1n) is 6.83. The Kier molecular flexibility index (Phi) is 3.97. The Labute approximate surface area is 133 Å². The number of halogens is 1. The maximum absolute atomic E-state index is 6.23. The van der Waals surface area contributed by atoms with Gasteiger partial charge in [-0.1, -0.05) is 11.6 Å². The lowest BCUT2D eigenvalue weighted by atomic mass is 10.3. The molecular formula is C15H17ClN4S. The number of aromatic nitrogens is 3. The lowest BCUT2D eigenvalue weighted by molar-refractivity contribution is 0.382. The largest absolute Gasteiger partial charge is 0.333 e. The van der Waals surface area contributed by atoms with E-state index in [1.807, 2.05) is 6.07 Å². The van der Waals surface area contributed by atoms with Crippen molar-refractivity contribution >= 4 is 33.2 Å². The molecule has 0 spiro atoms. The minimum absolute atomic E-state index is 0.750. The van der Waals surface area contributed by atoms with Crippen LogP contribution in [0.25, 0.3) is 20.8 Å². The smallest absolute Gasteiger partial charge is 0.123 e. The highest BCUT2D eigenvalue weighted by Gasteiger charge is 2.13. The highest BCUT2D eigenvalue weighted by atomic mass is 35.5. The Morgan fingerprint density at radius 3 is 2.86 bits per heavy atom. The third-order valence-electron chi connectivity index (χ3n) is 3.27. The number of thiophene rings is 1. The molecule has 3 aromatic heterocycles. The van der Waals surface area contributed by atoms with E-state index in [1.54, 1.807) is 17.5 Å². The van der Waals surface area contributed by atoms with Gasteiger partial charge in [-0.05, 0) is 33.2 Å². The van der Waals surface area contributed by atoms with Crippen LogP contribution >= 0.6 is 22.9 Å². The maximum atomic E-state index is 6.23. The van der Waals surface area contributed by atoms with E-state index in [1.165, 1.54) is 0 Å². The molecule has 0 aliphatic rings. The molecule has 110 valence electrons. The van der Waals surface area contributed by atoms with E-state index in [4.69, 9.17) is 16.6 Å². The van der Waals surface area contributed by atoms with Crippen molar-refractivity contribution in [3.63, 3.8) is 0 Å². The summed E-state index contributed by atoms with van der Waals surface area (Å²) in [5.41, 5.74) is 1.93. The van der Waals surface area contributed by atoms with Crippen LogP contribution in [0.15, 0.2) is 24.5 Å². The molecule has 0 saturated heterocycles. The molecule has 0 bridgehead atoms. The third kappa shape index (κ3) is 2.81. The van der Waals surface area contributed by atoms with Gasteiger partial charge in [-0.15, -0.1) is 11.3 Å². The molecule has 0 fully saturated rings. The highest BCUT2D eigenvalue weighted by molar-refractivity contribution is 7.22. The zero-order chi connectivity index (χ0) is 15.0. The predicted molar refractivity (Wildman–Crippen MR) is 88.9 cm³/mol. The first-order chi connectivity index (χ1) is 10.1. The summed E-state index contributed by atoms with van der Waals surface area (Å²) in [6.45, 7) is 3.88. The molecule has 0 N–H and O–H groups in total. The van der Waals surface area contributed by atoms with Crippen LogP contribution in [0.4, 0.5) is 0 Å². The second-order valence-corrected chi connectivity index (χ2v) is 6.64. The lowest BCUT2D eigenvalue weighted by Gasteiger charge is -2.09. The number of aryl methyl sites for hydroxylation is 1. The molecule has 0 amide bonds. The number of rotatable bonds is 4. The van der Waals surface area contributed by atoms with E-state index in [0.29, 0.717) is 0 Å². The van der Waals surface area contributed by atoms with Crippen molar-refractivity contribution in [1.29, 1.82) is 0 Å².